The maximum Gasteiger partial charge on any atom is 0.232 e. The highest BCUT2D eigenvalue weighted by molar-refractivity contribution is 9.10. The van der Waals surface area contributed by atoms with Gasteiger partial charge in [-0.15, -0.1) is 0 Å². The van der Waals surface area contributed by atoms with Gasteiger partial charge in [0, 0.05) is 18.1 Å². The summed E-state index contributed by atoms with van der Waals surface area (Å²) in [5, 5.41) is 0. The number of likely N-dealkylation sites (N-methyl/N-ethyl adjacent to an activating group) is 1. The maximum absolute atomic E-state index is 12.5. The van der Waals surface area contributed by atoms with Gasteiger partial charge in [0.2, 0.25) is 5.91 Å². The minimum absolute atomic E-state index is 0.245. The molecule has 0 bridgehead atoms. The monoisotopic (exact) mass is 295 g/mol. The maximum atomic E-state index is 12.5. The van der Waals surface area contributed by atoms with Crippen molar-refractivity contribution in [3.63, 3.8) is 0 Å². The van der Waals surface area contributed by atoms with Crippen LogP contribution in [0.4, 0.5) is 0 Å². The first-order valence-electron chi connectivity index (χ1n) is 6.12. The summed E-state index contributed by atoms with van der Waals surface area (Å²) in [5.74, 6) is 0.272. The molecule has 0 N–H and O–H groups in total. The van der Waals surface area contributed by atoms with Gasteiger partial charge in [-0.05, 0) is 37.5 Å². The molecular weight excluding hydrogens is 278 g/mol. The lowest BCUT2D eigenvalue weighted by Crippen LogP contribution is -2.49. The molecule has 2 nitrogen and oxygen atoms in total. The Bertz CT molecular complexity index is 409. The molecule has 0 radical (unpaired) electrons. The van der Waals surface area contributed by atoms with Crippen LogP contribution in [0.2, 0.25) is 0 Å². The third-order valence-corrected chi connectivity index (χ3v) is 4.36. The van der Waals surface area contributed by atoms with Crippen molar-refractivity contribution in [1.29, 1.82) is 0 Å². The van der Waals surface area contributed by atoms with Crippen LogP contribution in [0, 0.1) is 0 Å². The Morgan fingerprint density at radius 1 is 1.35 bits per heavy atom. The number of nitrogens with zero attached hydrogens (tertiary/aromatic N) is 1. The SMILES string of the molecule is CCN(C)C(=O)C1(c2ccc(Br)cc2)CCC1. The number of benzene rings is 1. The molecule has 3 heteroatoms. The van der Waals surface area contributed by atoms with Crippen LogP contribution in [0.5, 0.6) is 0 Å². The van der Waals surface area contributed by atoms with E-state index < -0.39 is 0 Å². The molecule has 1 aromatic carbocycles. The van der Waals surface area contributed by atoms with Crippen LogP contribution in [-0.4, -0.2) is 24.4 Å². The van der Waals surface area contributed by atoms with Gasteiger partial charge < -0.3 is 4.90 Å². The Kier molecular flexibility index (Phi) is 3.57. The number of hydrogen-bond donors (Lipinski definition) is 0. The summed E-state index contributed by atoms with van der Waals surface area (Å²) in [5.41, 5.74) is 0.920. The molecule has 1 fully saturated rings. The lowest BCUT2D eigenvalue weighted by atomic mass is 9.63. The summed E-state index contributed by atoms with van der Waals surface area (Å²) in [6.07, 6.45) is 3.12. The van der Waals surface area contributed by atoms with Gasteiger partial charge in [-0.3, -0.25) is 4.79 Å². The number of carbonyl (C=O) groups excluding carboxylic acids is 1. The molecule has 0 spiro atoms. The van der Waals surface area contributed by atoms with E-state index in [0.717, 1.165) is 35.8 Å². The molecule has 0 heterocycles. The smallest absolute Gasteiger partial charge is 0.232 e. The lowest BCUT2D eigenvalue weighted by molar-refractivity contribution is -0.139. The van der Waals surface area contributed by atoms with Crippen LogP contribution in [0.1, 0.15) is 31.7 Å². The van der Waals surface area contributed by atoms with Crippen LogP contribution >= 0.6 is 15.9 Å². The predicted octanol–water partition coefficient (Wildman–Crippen LogP) is 3.35. The van der Waals surface area contributed by atoms with E-state index in [1.807, 2.05) is 31.0 Å². The van der Waals surface area contributed by atoms with Crippen molar-refractivity contribution in [1.82, 2.24) is 4.90 Å². The van der Waals surface area contributed by atoms with Gasteiger partial charge >= 0.3 is 0 Å². The molecule has 1 aliphatic carbocycles. The number of amides is 1. The van der Waals surface area contributed by atoms with Gasteiger partial charge in [-0.25, -0.2) is 0 Å². The van der Waals surface area contributed by atoms with E-state index in [9.17, 15) is 4.79 Å². The van der Waals surface area contributed by atoms with E-state index >= 15 is 0 Å². The number of halogens is 1. The lowest BCUT2D eigenvalue weighted by Gasteiger charge is -2.43. The van der Waals surface area contributed by atoms with Crippen molar-refractivity contribution < 1.29 is 4.79 Å². The van der Waals surface area contributed by atoms with Crippen LogP contribution in [-0.2, 0) is 10.2 Å². The molecule has 0 aliphatic heterocycles. The van der Waals surface area contributed by atoms with E-state index in [4.69, 9.17) is 0 Å². The minimum Gasteiger partial charge on any atom is -0.345 e. The molecule has 0 atom stereocenters. The summed E-state index contributed by atoms with van der Waals surface area (Å²) in [6, 6.07) is 8.19. The van der Waals surface area contributed by atoms with Gasteiger partial charge in [0.05, 0.1) is 5.41 Å². The second kappa shape index (κ2) is 4.81. The predicted molar refractivity (Wildman–Crippen MR) is 73.0 cm³/mol. The Morgan fingerprint density at radius 2 is 1.94 bits per heavy atom. The van der Waals surface area contributed by atoms with Crippen molar-refractivity contribution in [2.75, 3.05) is 13.6 Å². The summed E-state index contributed by atoms with van der Waals surface area (Å²) < 4.78 is 1.06. The Morgan fingerprint density at radius 3 is 2.35 bits per heavy atom. The summed E-state index contributed by atoms with van der Waals surface area (Å²) >= 11 is 3.44. The Labute approximate surface area is 111 Å². The summed E-state index contributed by atoms with van der Waals surface area (Å²) in [4.78, 5) is 14.3. The topological polar surface area (TPSA) is 20.3 Å². The second-order valence-electron chi connectivity index (χ2n) is 4.76. The molecule has 0 aromatic heterocycles. The Hall–Kier alpha value is -0.830. The average Bonchev–Trinajstić information content (AvgIpc) is 2.29. The van der Waals surface area contributed by atoms with Crippen molar-refractivity contribution in [3.8, 4) is 0 Å². The van der Waals surface area contributed by atoms with Crippen molar-refractivity contribution in [2.45, 2.75) is 31.6 Å². The highest BCUT2D eigenvalue weighted by Crippen LogP contribution is 2.45. The van der Waals surface area contributed by atoms with Gasteiger partial charge in [0.15, 0.2) is 0 Å². The molecule has 17 heavy (non-hydrogen) atoms. The van der Waals surface area contributed by atoms with E-state index in [-0.39, 0.29) is 11.3 Å². The highest BCUT2D eigenvalue weighted by atomic mass is 79.9. The fourth-order valence-electron chi connectivity index (χ4n) is 2.43. The molecule has 1 aromatic rings. The molecule has 92 valence electrons. The first-order chi connectivity index (χ1) is 8.10. The van der Waals surface area contributed by atoms with Crippen molar-refractivity contribution in [2.24, 2.45) is 0 Å². The largest absolute Gasteiger partial charge is 0.345 e. The molecule has 1 aliphatic rings. The zero-order chi connectivity index (χ0) is 12.5. The average molecular weight is 296 g/mol. The van der Waals surface area contributed by atoms with E-state index in [2.05, 4.69) is 28.1 Å². The van der Waals surface area contributed by atoms with Crippen molar-refractivity contribution >= 4 is 21.8 Å². The first-order valence-corrected chi connectivity index (χ1v) is 6.91. The third-order valence-electron chi connectivity index (χ3n) is 3.83. The molecule has 2 rings (SSSR count). The first kappa shape index (κ1) is 12.6. The van der Waals surface area contributed by atoms with Gasteiger partial charge in [0.1, 0.15) is 0 Å². The number of carbonyl (C=O) groups is 1. The van der Waals surface area contributed by atoms with E-state index in [0.29, 0.717) is 0 Å². The standard InChI is InChI=1S/C14H18BrNO/c1-3-16(2)13(17)14(9-4-10-14)11-5-7-12(15)8-6-11/h5-8H,3-4,9-10H2,1-2H3. The fourth-order valence-corrected chi connectivity index (χ4v) is 2.70. The number of rotatable bonds is 3. The number of hydrogen-bond acceptors (Lipinski definition) is 1. The van der Waals surface area contributed by atoms with Crippen molar-refractivity contribution in [3.05, 3.63) is 34.3 Å². The Balaban J connectivity index is 2.31. The highest BCUT2D eigenvalue weighted by Gasteiger charge is 2.46. The molecule has 0 saturated heterocycles. The molecule has 1 saturated carbocycles. The quantitative estimate of drug-likeness (QED) is 0.837. The molecule has 0 unspecified atom stereocenters. The normalized spacial score (nSPS) is 17.4. The van der Waals surface area contributed by atoms with E-state index in [1.54, 1.807) is 0 Å². The molecular formula is C14H18BrNO. The van der Waals surface area contributed by atoms with Crippen LogP contribution in [0.15, 0.2) is 28.7 Å². The summed E-state index contributed by atoms with van der Waals surface area (Å²) in [6.45, 7) is 2.79. The zero-order valence-electron chi connectivity index (χ0n) is 10.4. The fraction of sp³-hybridized carbons (Fsp3) is 0.500. The van der Waals surface area contributed by atoms with Gasteiger partial charge in [-0.2, -0.15) is 0 Å². The molecule has 1 amide bonds. The van der Waals surface area contributed by atoms with Crippen LogP contribution in [0.3, 0.4) is 0 Å². The zero-order valence-corrected chi connectivity index (χ0v) is 12.0. The van der Waals surface area contributed by atoms with Gasteiger partial charge in [-0.1, -0.05) is 34.5 Å². The van der Waals surface area contributed by atoms with Gasteiger partial charge in [0.25, 0.3) is 0 Å². The van der Waals surface area contributed by atoms with Crippen LogP contribution < -0.4 is 0 Å². The van der Waals surface area contributed by atoms with E-state index in [1.165, 1.54) is 0 Å². The summed E-state index contributed by atoms with van der Waals surface area (Å²) in [7, 11) is 1.89. The second-order valence-corrected chi connectivity index (χ2v) is 5.68. The minimum atomic E-state index is -0.245. The third kappa shape index (κ3) is 2.13. The van der Waals surface area contributed by atoms with Crippen LogP contribution in [0.25, 0.3) is 0 Å².